The van der Waals surface area contributed by atoms with E-state index in [9.17, 15) is 13.2 Å². The summed E-state index contributed by atoms with van der Waals surface area (Å²) in [7, 11) is -3.74. The van der Waals surface area contributed by atoms with Crippen LogP contribution in [0.25, 0.3) is 0 Å². The molecule has 0 saturated carbocycles. The minimum absolute atomic E-state index is 0.142. The molecule has 156 valence electrons. The van der Waals surface area contributed by atoms with Gasteiger partial charge < -0.3 is 5.32 Å². The zero-order valence-corrected chi connectivity index (χ0v) is 18.5. The van der Waals surface area contributed by atoms with Gasteiger partial charge in [0.15, 0.2) is 0 Å². The summed E-state index contributed by atoms with van der Waals surface area (Å²) in [6, 6.07) is 18.4. The second-order valence-corrected chi connectivity index (χ2v) is 9.35. The van der Waals surface area contributed by atoms with Crippen LogP contribution >= 0.6 is 11.6 Å². The molecule has 0 aliphatic heterocycles. The summed E-state index contributed by atoms with van der Waals surface area (Å²) < 4.78 is 27.4. The van der Waals surface area contributed by atoms with Crippen molar-refractivity contribution < 1.29 is 13.2 Å². The van der Waals surface area contributed by atoms with Gasteiger partial charge in [0.1, 0.15) is 0 Å². The third kappa shape index (κ3) is 4.83. The smallest absolute Gasteiger partial charge is 0.261 e. The molecule has 0 aliphatic carbocycles. The van der Waals surface area contributed by atoms with Gasteiger partial charge in [-0.25, -0.2) is 8.42 Å². The van der Waals surface area contributed by atoms with E-state index in [0.717, 1.165) is 16.8 Å². The molecule has 0 aliphatic rings. The molecule has 3 aromatic carbocycles. The van der Waals surface area contributed by atoms with Crippen LogP contribution in [0, 0.1) is 6.92 Å². The lowest BCUT2D eigenvalue weighted by molar-refractivity contribution is 0.102. The van der Waals surface area contributed by atoms with E-state index in [4.69, 9.17) is 11.6 Å². The molecule has 0 unspecified atom stereocenters. The van der Waals surface area contributed by atoms with Gasteiger partial charge in [0.2, 0.25) is 0 Å². The molecule has 2 N–H and O–H groups in total. The number of hydrogen-bond acceptors (Lipinski definition) is 3. The molecule has 5 nitrogen and oxygen atoms in total. The lowest BCUT2D eigenvalue weighted by atomic mass is 9.98. The molecule has 0 radical (unpaired) electrons. The quantitative estimate of drug-likeness (QED) is 0.504. The van der Waals surface area contributed by atoms with Crippen LogP contribution in [0.4, 0.5) is 11.4 Å². The second kappa shape index (κ2) is 8.90. The van der Waals surface area contributed by atoms with Crippen LogP contribution in [0.2, 0.25) is 5.02 Å². The van der Waals surface area contributed by atoms with Gasteiger partial charge >= 0.3 is 0 Å². The number of benzene rings is 3. The van der Waals surface area contributed by atoms with E-state index in [1.54, 1.807) is 18.2 Å². The minimum Gasteiger partial charge on any atom is -0.321 e. The highest BCUT2D eigenvalue weighted by Crippen LogP contribution is 2.29. The van der Waals surface area contributed by atoms with Crippen LogP contribution in [0.5, 0.6) is 0 Å². The first-order chi connectivity index (χ1) is 14.2. The van der Waals surface area contributed by atoms with E-state index in [2.05, 4.69) is 23.9 Å². The summed E-state index contributed by atoms with van der Waals surface area (Å²) in [5.41, 5.74) is 3.29. The van der Waals surface area contributed by atoms with Crippen molar-refractivity contribution in [2.75, 3.05) is 10.0 Å². The molecular formula is C23H23ClN2O3S. The maximum Gasteiger partial charge on any atom is 0.261 e. The van der Waals surface area contributed by atoms with Crippen molar-refractivity contribution in [3.8, 4) is 0 Å². The molecule has 0 atom stereocenters. The fourth-order valence-electron chi connectivity index (χ4n) is 3.10. The Morgan fingerprint density at radius 2 is 1.67 bits per heavy atom. The van der Waals surface area contributed by atoms with E-state index in [1.165, 1.54) is 30.3 Å². The van der Waals surface area contributed by atoms with Crippen LogP contribution in [-0.4, -0.2) is 14.3 Å². The molecule has 7 heteroatoms. The third-order valence-electron chi connectivity index (χ3n) is 4.68. The number of sulfonamides is 1. The average Bonchev–Trinajstić information content (AvgIpc) is 2.69. The molecule has 0 aromatic heterocycles. The van der Waals surface area contributed by atoms with Crippen molar-refractivity contribution in [3.05, 3.63) is 88.4 Å². The van der Waals surface area contributed by atoms with Gasteiger partial charge in [-0.3, -0.25) is 9.52 Å². The number of halogens is 1. The summed E-state index contributed by atoms with van der Waals surface area (Å²) in [6.45, 7) is 6.06. The Kier molecular flexibility index (Phi) is 6.48. The maximum atomic E-state index is 12.8. The van der Waals surface area contributed by atoms with Crippen LogP contribution in [0.3, 0.4) is 0 Å². The fourth-order valence-corrected chi connectivity index (χ4v) is 4.44. The number of nitrogens with one attached hydrogen (secondary N) is 2. The van der Waals surface area contributed by atoms with Crippen LogP contribution < -0.4 is 10.0 Å². The predicted octanol–water partition coefficient (Wildman–Crippen LogP) is 5.82. The Bertz CT molecular complexity index is 1180. The molecule has 1 amide bonds. The Hall–Kier alpha value is -2.83. The van der Waals surface area contributed by atoms with E-state index in [-0.39, 0.29) is 33.0 Å². The second-order valence-electron chi connectivity index (χ2n) is 7.26. The predicted molar refractivity (Wildman–Crippen MR) is 122 cm³/mol. The third-order valence-corrected chi connectivity index (χ3v) is 6.39. The van der Waals surface area contributed by atoms with Crippen LogP contribution in [-0.2, 0) is 10.0 Å². The van der Waals surface area contributed by atoms with Gasteiger partial charge in [-0.05, 0) is 54.3 Å². The molecule has 3 aromatic rings. The molecule has 0 bridgehead atoms. The first kappa shape index (κ1) is 21.9. The zero-order chi connectivity index (χ0) is 21.9. The number of rotatable bonds is 6. The van der Waals surface area contributed by atoms with Crippen LogP contribution in [0.1, 0.15) is 41.3 Å². The van der Waals surface area contributed by atoms with Gasteiger partial charge in [0.25, 0.3) is 15.9 Å². The Morgan fingerprint density at radius 3 is 2.30 bits per heavy atom. The number of hydrogen-bond donors (Lipinski definition) is 2. The Balaban J connectivity index is 1.83. The molecule has 0 fully saturated rings. The highest BCUT2D eigenvalue weighted by molar-refractivity contribution is 7.92. The maximum absolute atomic E-state index is 12.8. The normalized spacial score (nSPS) is 11.4. The van der Waals surface area contributed by atoms with E-state index in [1.807, 2.05) is 25.1 Å². The number of anilines is 2. The van der Waals surface area contributed by atoms with E-state index in [0.29, 0.717) is 0 Å². The number of aryl methyl sites for hydroxylation is 1. The molecule has 0 heterocycles. The fraction of sp³-hybridized carbons (Fsp3) is 0.174. The number of carbonyl (C=O) groups is 1. The topological polar surface area (TPSA) is 75.3 Å². The molecule has 3 rings (SSSR count). The number of carbonyl (C=O) groups excluding carboxylic acids is 1. The van der Waals surface area contributed by atoms with Crippen molar-refractivity contribution in [1.29, 1.82) is 0 Å². The van der Waals surface area contributed by atoms with Crippen molar-refractivity contribution in [2.45, 2.75) is 31.6 Å². The van der Waals surface area contributed by atoms with Gasteiger partial charge in [-0.2, -0.15) is 0 Å². The summed E-state index contributed by atoms with van der Waals surface area (Å²) in [5, 5.41) is 3.10. The highest BCUT2D eigenvalue weighted by Gasteiger charge is 2.18. The summed E-state index contributed by atoms with van der Waals surface area (Å²) in [5.74, 6) is -0.112. The van der Waals surface area contributed by atoms with Crippen molar-refractivity contribution in [2.24, 2.45) is 0 Å². The molecule has 0 saturated heterocycles. The molecular weight excluding hydrogens is 420 g/mol. The molecule has 30 heavy (non-hydrogen) atoms. The summed E-state index contributed by atoms with van der Waals surface area (Å²) >= 11 is 6.31. The summed E-state index contributed by atoms with van der Waals surface area (Å²) in [4.78, 5) is 13.0. The zero-order valence-electron chi connectivity index (χ0n) is 16.9. The highest BCUT2D eigenvalue weighted by atomic mass is 35.5. The van der Waals surface area contributed by atoms with Crippen molar-refractivity contribution in [3.63, 3.8) is 0 Å². The lowest BCUT2D eigenvalue weighted by Gasteiger charge is -2.17. The SMILES string of the molecule is Cc1cccc(C(C)C)c1NC(=O)c1ccc(NS(=O)(=O)c2ccccc2)cc1Cl. The van der Waals surface area contributed by atoms with Gasteiger partial charge in [-0.1, -0.05) is 61.8 Å². The van der Waals surface area contributed by atoms with Crippen molar-refractivity contribution >= 4 is 38.9 Å². The first-order valence-electron chi connectivity index (χ1n) is 9.47. The number of amides is 1. The van der Waals surface area contributed by atoms with Gasteiger partial charge in [0.05, 0.1) is 21.2 Å². The number of para-hydroxylation sites is 1. The van der Waals surface area contributed by atoms with Crippen LogP contribution in [0.15, 0.2) is 71.6 Å². The summed E-state index contributed by atoms with van der Waals surface area (Å²) in [6.07, 6.45) is 0. The molecule has 0 spiro atoms. The Labute approximate surface area is 182 Å². The van der Waals surface area contributed by atoms with Gasteiger partial charge in [0, 0.05) is 5.69 Å². The monoisotopic (exact) mass is 442 g/mol. The van der Waals surface area contributed by atoms with E-state index >= 15 is 0 Å². The first-order valence-corrected chi connectivity index (χ1v) is 11.3. The minimum atomic E-state index is -3.74. The Morgan fingerprint density at radius 1 is 0.967 bits per heavy atom. The standard InChI is InChI=1S/C23H23ClN2O3S/c1-15(2)19-11-7-8-16(3)22(19)25-23(27)20-13-12-17(14-21(20)24)26-30(28,29)18-9-5-4-6-10-18/h4-15,26H,1-3H3,(H,25,27). The van der Waals surface area contributed by atoms with Gasteiger partial charge in [-0.15, -0.1) is 0 Å². The van der Waals surface area contributed by atoms with E-state index < -0.39 is 10.0 Å². The lowest BCUT2D eigenvalue weighted by Crippen LogP contribution is -2.16. The average molecular weight is 443 g/mol. The largest absolute Gasteiger partial charge is 0.321 e. The van der Waals surface area contributed by atoms with Crippen molar-refractivity contribution in [1.82, 2.24) is 0 Å².